The van der Waals surface area contributed by atoms with Crippen molar-refractivity contribution in [2.45, 2.75) is 32.6 Å². The van der Waals surface area contributed by atoms with Gasteiger partial charge in [0.05, 0.1) is 10.6 Å². The number of nitrogens with zero attached hydrogens (tertiary/aromatic N) is 4. The quantitative estimate of drug-likeness (QED) is 0.590. The van der Waals surface area contributed by atoms with E-state index >= 15 is 0 Å². The molecule has 2 aromatic heterocycles. The maximum Gasteiger partial charge on any atom is 0.240 e. The van der Waals surface area contributed by atoms with Crippen molar-refractivity contribution in [1.82, 2.24) is 24.5 Å². The normalized spacial score (nSPS) is 11.6. The number of hydrogen-bond donors (Lipinski definition) is 2. The highest BCUT2D eigenvalue weighted by atomic mass is 32.2. The van der Waals surface area contributed by atoms with Gasteiger partial charge in [-0.1, -0.05) is 17.7 Å². The smallest absolute Gasteiger partial charge is 0.240 e. The van der Waals surface area contributed by atoms with E-state index in [0.29, 0.717) is 24.0 Å². The molecule has 0 aliphatic heterocycles. The second-order valence-corrected chi connectivity index (χ2v) is 8.40. The van der Waals surface area contributed by atoms with Crippen molar-refractivity contribution in [3.05, 3.63) is 59.2 Å². The number of aromatic nitrogens is 4. The molecule has 9 heteroatoms. The van der Waals surface area contributed by atoms with Gasteiger partial charge in [-0.2, -0.15) is 5.10 Å². The number of anilines is 1. The Bertz CT molecular complexity index is 1070. The van der Waals surface area contributed by atoms with Gasteiger partial charge in [-0.15, -0.1) is 0 Å². The molecular formula is C19H24N6O2S. The van der Waals surface area contributed by atoms with Crippen molar-refractivity contribution in [2.24, 2.45) is 0 Å². The Hall–Kier alpha value is -2.78. The number of rotatable bonds is 7. The number of hydrogen-bond acceptors (Lipinski definition) is 6. The van der Waals surface area contributed by atoms with Crippen LogP contribution < -0.4 is 10.0 Å². The Morgan fingerprint density at radius 1 is 0.964 bits per heavy atom. The Morgan fingerprint density at radius 3 is 2.32 bits per heavy atom. The summed E-state index contributed by atoms with van der Waals surface area (Å²) in [7, 11) is -3.53. The first-order valence-electron chi connectivity index (χ1n) is 8.94. The van der Waals surface area contributed by atoms with E-state index in [1.165, 1.54) is 0 Å². The van der Waals surface area contributed by atoms with Crippen molar-refractivity contribution < 1.29 is 8.42 Å². The average Bonchev–Trinajstić information content (AvgIpc) is 2.97. The standard InChI is InChI=1S/C19H24N6O2S/c1-13-5-7-17(8-6-13)28(26,27)21-10-9-20-18-12-19(23-16(4)22-18)25-15(3)11-14(2)24-25/h5-8,11-12,21H,9-10H2,1-4H3,(H,20,22,23). The molecule has 0 saturated carbocycles. The van der Waals surface area contributed by atoms with E-state index in [-0.39, 0.29) is 11.4 Å². The molecule has 1 aromatic carbocycles. The van der Waals surface area contributed by atoms with Crippen LogP contribution in [0.2, 0.25) is 0 Å². The van der Waals surface area contributed by atoms with Gasteiger partial charge in [-0.3, -0.25) is 0 Å². The van der Waals surface area contributed by atoms with Crippen LogP contribution in [-0.4, -0.2) is 41.3 Å². The van der Waals surface area contributed by atoms with E-state index < -0.39 is 10.0 Å². The minimum Gasteiger partial charge on any atom is -0.369 e. The van der Waals surface area contributed by atoms with Gasteiger partial charge in [-0.05, 0) is 45.9 Å². The molecule has 3 aromatic rings. The molecule has 0 unspecified atom stereocenters. The second-order valence-electron chi connectivity index (χ2n) is 6.64. The van der Waals surface area contributed by atoms with E-state index in [1.54, 1.807) is 41.9 Å². The summed E-state index contributed by atoms with van der Waals surface area (Å²) < 4.78 is 29.0. The van der Waals surface area contributed by atoms with Gasteiger partial charge in [0.25, 0.3) is 0 Å². The van der Waals surface area contributed by atoms with Crippen LogP contribution in [0.3, 0.4) is 0 Å². The molecule has 0 radical (unpaired) electrons. The van der Waals surface area contributed by atoms with E-state index in [2.05, 4.69) is 25.1 Å². The van der Waals surface area contributed by atoms with Crippen molar-refractivity contribution in [3.8, 4) is 5.82 Å². The molecule has 0 amide bonds. The zero-order chi connectivity index (χ0) is 20.3. The van der Waals surface area contributed by atoms with E-state index in [1.807, 2.05) is 26.8 Å². The summed E-state index contributed by atoms with van der Waals surface area (Å²) in [6.07, 6.45) is 0. The topological polar surface area (TPSA) is 102 Å². The molecule has 0 atom stereocenters. The number of nitrogens with one attached hydrogen (secondary N) is 2. The van der Waals surface area contributed by atoms with Gasteiger partial charge in [-0.25, -0.2) is 27.8 Å². The lowest BCUT2D eigenvalue weighted by molar-refractivity contribution is 0.583. The van der Waals surface area contributed by atoms with Gasteiger partial charge in [0.15, 0.2) is 5.82 Å². The van der Waals surface area contributed by atoms with Crippen LogP contribution in [0.15, 0.2) is 41.3 Å². The van der Waals surface area contributed by atoms with E-state index in [9.17, 15) is 8.42 Å². The average molecular weight is 401 g/mol. The Labute approximate surface area is 165 Å². The molecule has 2 N–H and O–H groups in total. The largest absolute Gasteiger partial charge is 0.369 e. The van der Waals surface area contributed by atoms with Gasteiger partial charge >= 0.3 is 0 Å². The third-order valence-corrected chi connectivity index (χ3v) is 5.58. The molecule has 148 valence electrons. The Morgan fingerprint density at radius 2 is 1.68 bits per heavy atom. The molecule has 3 rings (SSSR count). The van der Waals surface area contributed by atoms with E-state index in [4.69, 9.17) is 0 Å². The monoisotopic (exact) mass is 400 g/mol. The summed E-state index contributed by atoms with van der Waals surface area (Å²) in [4.78, 5) is 9.04. The fourth-order valence-corrected chi connectivity index (χ4v) is 3.82. The van der Waals surface area contributed by atoms with Crippen LogP contribution >= 0.6 is 0 Å². The molecule has 2 heterocycles. The maximum absolute atomic E-state index is 12.3. The maximum atomic E-state index is 12.3. The van der Waals surface area contributed by atoms with Crippen LogP contribution in [-0.2, 0) is 10.0 Å². The molecule has 0 aliphatic carbocycles. The Kier molecular flexibility index (Phi) is 5.76. The summed E-state index contributed by atoms with van der Waals surface area (Å²) in [5.41, 5.74) is 2.90. The van der Waals surface area contributed by atoms with Crippen molar-refractivity contribution in [2.75, 3.05) is 18.4 Å². The van der Waals surface area contributed by atoms with Gasteiger partial charge in [0, 0.05) is 24.8 Å². The fourth-order valence-electron chi connectivity index (χ4n) is 2.79. The molecule has 0 aliphatic rings. The highest BCUT2D eigenvalue weighted by molar-refractivity contribution is 7.89. The summed E-state index contributed by atoms with van der Waals surface area (Å²) in [5, 5.41) is 7.57. The lowest BCUT2D eigenvalue weighted by Gasteiger charge is -2.11. The van der Waals surface area contributed by atoms with Gasteiger partial charge in [0.1, 0.15) is 11.6 Å². The summed E-state index contributed by atoms with van der Waals surface area (Å²) in [6, 6.07) is 10.5. The second kappa shape index (κ2) is 8.07. The van der Waals surface area contributed by atoms with Crippen molar-refractivity contribution in [1.29, 1.82) is 0 Å². The van der Waals surface area contributed by atoms with Crippen LogP contribution in [0.4, 0.5) is 5.82 Å². The number of benzene rings is 1. The Balaban J connectivity index is 1.63. The third-order valence-electron chi connectivity index (χ3n) is 4.11. The molecule has 0 bridgehead atoms. The van der Waals surface area contributed by atoms with Crippen LogP contribution in [0.5, 0.6) is 0 Å². The lowest BCUT2D eigenvalue weighted by Crippen LogP contribution is -2.29. The number of sulfonamides is 1. The minimum absolute atomic E-state index is 0.231. The summed E-state index contributed by atoms with van der Waals surface area (Å²) >= 11 is 0. The van der Waals surface area contributed by atoms with Crippen LogP contribution in [0, 0.1) is 27.7 Å². The van der Waals surface area contributed by atoms with Crippen LogP contribution in [0.25, 0.3) is 5.82 Å². The first kappa shape index (κ1) is 20.0. The molecular weight excluding hydrogens is 376 g/mol. The highest BCUT2D eigenvalue weighted by Crippen LogP contribution is 2.14. The fraction of sp³-hybridized carbons (Fsp3) is 0.316. The predicted octanol–water partition coefficient (Wildman–Crippen LogP) is 2.29. The summed E-state index contributed by atoms with van der Waals surface area (Å²) in [5.74, 6) is 1.89. The lowest BCUT2D eigenvalue weighted by atomic mass is 10.2. The predicted molar refractivity (Wildman–Crippen MR) is 108 cm³/mol. The highest BCUT2D eigenvalue weighted by Gasteiger charge is 2.13. The van der Waals surface area contributed by atoms with Gasteiger partial charge < -0.3 is 5.32 Å². The summed E-state index contributed by atoms with van der Waals surface area (Å²) in [6.45, 7) is 8.23. The third kappa shape index (κ3) is 4.73. The molecule has 8 nitrogen and oxygen atoms in total. The first-order valence-corrected chi connectivity index (χ1v) is 10.4. The molecule has 0 spiro atoms. The zero-order valence-corrected chi connectivity index (χ0v) is 17.2. The van der Waals surface area contributed by atoms with Crippen molar-refractivity contribution in [3.63, 3.8) is 0 Å². The first-order chi connectivity index (χ1) is 13.2. The zero-order valence-electron chi connectivity index (χ0n) is 16.4. The SMILES string of the molecule is Cc1ccc(S(=O)(=O)NCCNc2cc(-n3nc(C)cc3C)nc(C)n2)cc1. The van der Waals surface area contributed by atoms with Crippen LogP contribution in [0.1, 0.15) is 22.8 Å². The van der Waals surface area contributed by atoms with Gasteiger partial charge in [0.2, 0.25) is 10.0 Å². The minimum atomic E-state index is -3.53. The van der Waals surface area contributed by atoms with E-state index in [0.717, 1.165) is 17.0 Å². The number of aryl methyl sites for hydroxylation is 4. The molecule has 28 heavy (non-hydrogen) atoms. The molecule has 0 saturated heterocycles. The molecule has 0 fully saturated rings. The van der Waals surface area contributed by atoms with Crippen molar-refractivity contribution >= 4 is 15.8 Å².